The quantitative estimate of drug-likeness (QED) is 0.347. The molecule has 0 bridgehead atoms. The largest absolute Gasteiger partial charge is 0.497 e. The molecule has 1 aliphatic heterocycles. The van der Waals surface area contributed by atoms with E-state index >= 15 is 0 Å². The number of halogens is 3. The molecule has 184 valence electrons. The molecule has 0 fully saturated rings. The van der Waals surface area contributed by atoms with Gasteiger partial charge in [-0.1, -0.05) is 30.3 Å². The molecule has 36 heavy (non-hydrogen) atoms. The third-order valence-electron chi connectivity index (χ3n) is 5.97. The number of aromatic nitrogens is 1. The minimum atomic E-state index is -4.58. The molecule has 0 saturated heterocycles. The van der Waals surface area contributed by atoms with Crippen molar-refractivity contribution in [3.05, 3.63) is 84.1 Å². The van der Waals surface area contributed by atoms with Gasteiger partial charge >= 0.3 is 6.18 Å². The number of para-hydroxylation sites is 1. The number of hydrogen-bond acceptors (Lipinski definition) is 5. The number of alkyl halides is 3. The smallest absolute Gasteiger partial charge is 0.433 e. The number of methoxy groups -OCH3 is 1. The van der Waals surface area contributed by atoms with Crippen LogP contribution in [-0.2, 0) is 17.4 Å². The summed E-state index contributed by atoms with van der Waals surface area (Å²) in [4.78, 5) is 16.7. The van der Waals surface area contributed by atoms with Crippen LogP contribution in [0.3, 0.4) is 0 Å². The number of benzene rings is 3. The van der Waals surface area contributed by atoms with Crippen LogP contribution in [0.15, 0.2) is 72.8 Å². The van der Waals surface area contributed by atoms with Crippen LogP contribution in [0.5, 0.6) is 11.5 Å². The maximum atomic E-state index is 13.4. The SMILES string of the molecule is COc1ccc2c(c1)OCC(C(=O)Nc1cccc(Nc3cc(C(F)(F)F)nc4ccccc34)c1)C2. The predicted octanol–water partition coefficient (Wildman–Crippen LogP) is 6.20. The first-order chi connectivity index (χ1) is 17.3. The molecule has 1 aromatic heterocycles. The molecule has 1 atom stereocenters. The summed E-state index contributed by atoms with van der Waals surface area (Å²) < 4.78 is 51.2. The molecule has 3 aromatic carbocycles. The van der Waals surface area contributed by atoms with Gasteiger partial charge in [0.1, 0.15) is 23.8 Å². The lowest BCUT2D eigenvalue weighted by Crippen LogP contribution is -2.32. The Kier molecular flexibility index (Phi) is 6.13. The zero-order chi connectivity index (χ0) is 25.3. The highest BCUT2D eigenvalue weighted by Crippen LogP contribution is 2.35. The second-order valence-corrected chi connectivity index (χ2v) is 8.45. The molecular weight excluding hydrogens is 471 g/mol. The fourth-order valence-corrected chi connectivity index (χ4v) is 4.15. The van der Waals surface area contributed by atoms with Crippen LogP contribution in [-0.4, -0.2) is 24.6 Å². The Morgan fingerprint density at radius 3 is 2.64 bits per heavy atom. The lowest BCUT2D eigenvalue weighted by molar-refractivity contribution is -0.140. The summed E-state index contributed by atoms with van der Waals surface area (Å²) in [6, 6.07) is 19.9. The lowest BCUT2D eigenvalue weighted by atomic mass is 9.96. The Balaban J connectivity index is 1.34. The van der Waals surface area contributed by atoms with E-state index in [1.165, 1.54) is 6.07 Å². The number of nitrogens with zero attached hydrogens (tertiary/aromatic N) is 1. The van der Waals surface area contributed by atoms with Gasteiger partial charge in [-0.05, 0) is 48.4 Å². The number of pyridine rings is 1. The van der Waals surface area contributed by atoms with E-state index in [0.717, 1.165) is 11.6 Å². The third kappa shape index (κ3) is 4.91. The Labute approximate surface area is 205 Å². The first-order valence-corrected chi connectivity index (χ1v) is 11.2. The number of carbonyl (C=O) groups is 1. The van der Waals surface area contributed by atoms with E-state index in [1.807, 2.05) is 12.1 Å². The molecule has 1 unspecified atom stereocenters. The van der Waals surface area contributed by atoms with Crippen molar-refractivity contribution >= 4 is 33.9 Å². The highest BCUT2D eigenvalue weighted by Gasteiger charge is 2.33. The van der Waals surface area contributed by atoms with Gasteiger partial charge in [0.05, 0.1) is 24.2 Å². The van der Waals surface area contributed by atoms with Crippen molar-refractivity contribution < 1.29 is 27.4 Å². The molecule has 0 saturated carbocycles. The number of ether oxygens (including phenoxy) is 2. The van der Waals surface area contributed by atoms with Gasteiger partial charge in [-0.25, -0.2) is 4.98 Å². The van der Waals surface area contributed by atoms with Gasteiger partial charge in [-0.2, -0.15) is 13.2 Å². The lowest BCUT2D eigenvalue weighted by Gasteiger charge is -2.25. The first kappa shape index (κ1) is 23.5. The van der Waals surface area contributed by atoms with Crippen molar-refractivity contribution in [1.82, 2.24) is 4.98 Å². The Hall–Kier alpha value is -4.27. The van der Waals surface area contributed by atoms with Crippen molar-refractivity contribution in [3.63, 3.8) is 0 Å². The van der Waals surface area contributed by atoms with Crippen molar-refractivity contribution in [2.24, 2.45) is 5.92 Å². The number of fused-ring (bicyclic) bond motifs is 2. The standard InChI is InChI=1S/C27H22F3N3O3/c1-35-20-10-9-16-11-17(15-36-24(16)13-20)26(34)32-19-6-4-5-18(12-19)31-23-14-25(27(28,29)30)33-22-8-3-2-7-21(22)23/h2-10,12-14,17H,11,15H2,1H3,(H,31,33)(H,32,34). The maximum absolute atomic E-state index is 13.4. The molecule has 0 radical (unpaired) electrons. The van der Waals surface area contributed by atoms with E-state index in [-0.39, 0.29) is 29.6 Å². The maximum Gasteiger partial charge on any atom is 0.433 e. The molecule has 5 rings (SSSR count). The molecule has 0 aliphatic carbocycles. The van der Waals surface area contributed by atoms with Crippen molar-refractivity contribution in [3.8, 4) is 11.5 Å². The van der Waals surface area contributed by atoms with Gasteiger partial charge in [0.15, 0.2) is 0 Å². The fourth-order valence-electron chi connectivity index (χ4n) is 4.15. The van der Waals surface area contributed by atoms with E-state index in [9.17, 15) is 18.0 Å². The number of nitrogens with one attached hydrogen (secondary N) is 2. The monoisotopic (exact) mass is 493 g/mol. The summed E-state index contributed by atoms with van der Waals surface area (Å²) in [7, 11) is 1.58. The molecule has 0 spiro atoms. The normalized spacial score (nSPS) is 15.1. The first-order valence-electron chi connectivity index (χ1n) is 11.2. The predicted molar refractivity (Wildman–Crippen MR) is 131 cm³/mol. The number of hydrogen-bond donors (Lipinski definition) is 2. The fraction of sp³-hybridized carbons (Fsp3) is 0.185. The van der Waals surface area contributed by atoms with Gasteiger partial charge in [-0.3, -0.25) is 4.79 Å². The Bertz CT molecular complexity index is 1440. The summed E-state index contributed by atoms with van der Waals surface area (Å²) >= 11 is 0. The summed E-state index contributed by atoms with van der Waals surface area (Å²) in [6.07, 6.45) is -4.06. The Morgan fingerprint density at radius 1 is 1.03 bits per heavy atom. The minimum absolute atomic E-state index is 0.206. The summed E-state index contributed by atoms with van der Waals surface area (Å²) in [5.74, 6) is 0.793. The molecule has 6 nitrogen and oxygen atoms in total. The molecule has 1 amide bonds. The van der Waals surface area contributed by atoms with Gasteiger partial charge in [0, 0.05) is 22.8 Å². The zero-order valence-corrected chi connectivity index (χ0v) is 19.2. The molecule has 4 aromatic rings. The molecule has 2 heterocycles. The van der Waals surface area contributed by atoms with E-state index in [2.05, 4.69) is 15.6 Å². The molecular formula is C27H22F3N3O3. The molecule has 9 heteroatoms. The van der Waals surface area contributed by atoms with E-state index in [4.69, 9.17) is 9.47 Å². The average Bonchev–Trinajstić information content (AvgIpc) is 2.87. The highest BCUT2D eigenvalue weighted by molar-refractivity contribution is 5.95. The van der Waals surface area contributed by atoms with E-state index in [0.29, 0.717) is 34.7 Å². The van der Waals surface area contributed by atoms with Crippen molar-refractivity contribution in [2.75, 3.05) is 24.4 Å². The van der Waals surface area contributed by atoms with Crippen LogP contribution in [0, 0.1) is 5.92 Å². The van der Waals surface area contributed by atoms with Gasteiger partial charge in [0.2, 0.25) is 5.91 Å². The number of rotatable bonds is 5. The van der Waals surface area contributed by atoms with Crippen LogP contribution in [0.25, 0.3) is 10.9 Å². The van der Waals surface area contributed by atoms with Crippen LogP contribution >= 0.6 is 0 Å². The van der Waals surface area contributed by atoms with Crippen LogP contribution in [0.1, 0.15) is 11.3 Å². The second kappa shape index (κ2) is 9.41. The number of anilines is 3. The zero-order valence-electron chi connectivity index (χ0n) is 19.2. The highest BCUT2D eigenvalue weighted by atomic mass is 19.4. The van der Waals surface area contributed by atoms with Gasteiger partial charge in [-0.15, -0.1) is 0 Å². The summed E-state index contributed by atoms with van der Waals surface area (Å²) in [5, 5.41) is 6.49. The number of amides is 1. The third-order valence-corrected chi connectivity index (χ3v) is 5.97. The van der Waals surface area contributed by atoms with Crippen molar-refractivity contribution in [2.45, 2.75) is 12.6 Å². The Morgan fingerprint density at radius 2 is 1.83 bits per heavy atom. The topological polar surface area (TPSA) is 72.5 Å². The van der Waals surface area contributed by atoms with Crippen LogP contribution < -0.4 is 20.1 Å². The average molecular weight is 493 g/mol. The van der Waals surface area contributed by atoms with Gasteiger partial charge < -0.3 is 20.1 Å². The van der Waals surface area contributed by atoms with E-state index in [1.54, 1.807) is 55.6 Å². The van der Waals surface area contributed by atoms with Crippen LogP contribution in [0.4, 0.5) is 30.2 Å². The number of carbonyl (C=O) groups excluding carboxylic acids is 1. The van der Waals surface area contributed by atoms with E-state index < -0.39 is 11.9 Å². The summed E-state index contributed by atoms with van der Waals surface area (Å²) in [6.45, 7) is 0.229. The molecule has 1 aliphatic rings. The van der Waals surface area contributed by atoms with Gasteiger partial charge in [0.25, 0.3) is 0 Å². The summed E-state index contributed by atoms with van der Waals surface area (Å²) in [5.41, 5.74) is 1.47. The minimum Gasteiger partial charge on any atom is -0.497 e. The second-order valence-electron chi connectivity index (χ2n) is 8.45. The van der Waals surface area contributed by atoms with Crippen LogP contribution in [0.2, 0.25) is 0 Å². The van der Waals surface area contributed by atoms with Crippen molar-refractivity contribution in [1.29, 1.82) is 0 Å². The molecule has 2 N–H and O–H groups in total.